The van der Waals surface area contributed by atoms with Crippen LogP contribution in [0.5, 0.6) is 5.75 Å². The molecule has 1 aromatic heterocycles. The van der Waals surface area contributed by atoms with Gasteiger partial charge in [-0.05, 0) is 69.4 Å². The fourth-order valence-corrected chi connectivity index (χ4v) is 7.63. The van der Waals surface area contributed by atoms with E-state index in [-0.39, 0.29) is 18.4 Å². The van der Waals surface area contributed by atoms with Gasteiger partial charge in [-0.25, -0.2) is 0 Å². The van der Waals surface area contributed by atoms with Crippen LogP contribution in [0.2, 0.25) is 0 Å². The highest BCUT2D eigenvalue weighted by molar-refractivity contribution is 5.99. The molecule has 8 rings (SSSR count). The first-order valence-electron chi connectivity index (χ1n) is 14.1. The standard InChI is InChI=1S/C35H35N2O2.ClH/c1-3-23-21-37(22-28-10-6-9-27-17-24-7-4-5-8-25(24)18-31(27)28)16-14-26(23)19-34(37)35(38)30-13-15-36-33-12-11-29(39-2)20-32(30)33;/h3-13,15,17-18,20,23,26,34-35,38H,1,14,16,19,21-22H2,2H3;1H/q+1;/p-1/t23-,26-,34-,35+,37?;/m0./s1. The van der Waals surface area contributed by atoms with Crippen LogP contribution in [0.4, 0.5) is 0 Å². The van der Waals surface area contributed by atoms with Crippen LogP contribution >= 0.6 is 0 Å². The fraction of sp³-hybridized carbons (Fsp3) is 0.286. The molecule has 1 N–H and O–H groups in total. The normalized spacial score (nSPS) is 24.6. The third kappa shape index (κ3) is 4.35. The lowest BCUT2D eigenvalue weighted by Crippen LogP contribution is -3.00. The van der Waals surface area contributed by atoms with Gasteiger partial charge in [0, 0.05) is 35.9 Å². The van der Waals surface area contributed by atoms with Gasteiger partial charge in [0.15, 0.2) is 0 Å². The molecule has 3 fully saturated rings. The van der Waals surface area contributed by atoms with E-state index in [4.69, 9.17) is 4.74 Å². The maximum atomic E-state index is 12.2. The summed E-state index contributed by atoms with van der Waals surface area (Å²) in [5.41, 5.74) is 3.20. The number of nitrogens with zero attached hydrogens (tertiary/aromatic N) is 2. The molecule has 0 spiro atoms. The van der Waals surface area contributed by atoms with Crippen LogP contribution < -0.4 is 17.1 Å². The zero-order chi connectivity index (χ0) is 26.6. The molecule has 0 amide bonds. The molecule has 5 atom stereocenters. The maximum Gasteiger partial charge on any atom is 0.131 e. The number of aliphatic hydroxyl groups is 1. The summed E-state index contributed by atoms with van der Waals surface area (Å²) in [4.78, 5) is 4.58. The molecule has 2 bridgehead atoms. The summed E-state index contributed by atoms with van der Waals surface area (Å²) < 4.78 is 6.41. The molecular weight excluding hydrogens is 516 g/mol. The summed E-state index contributed by atoms with van der Waals surface area (Å²) >= 11 is 0. The number of piperidine rings is 3. The van der Waals surface area contributed by atoms with E-state index in [1.165, 1.54) is 33.5 Å². The molecule has 4 heterocycles. The Morgan fingerprint density at radius 2 is 1.80 bits per heavy atom. The zero-order valence-electron chi connectivity index (χ0n) is 22.8. The molecule has 3 aliphatic rings. The first-order chi connectivity index (χ1) is 19.1. The number of fused-ring (bicyclic) bond motifs is 6. The molecule has 4 aromatic carbocycles. The van der Waals surface area contributed by atoms with E-state index in [2.05, 4.69) is 72.2 Å². The SMILES string of the molecule is C=C[C@H]1C[N+]2(Cc3cccc4cc5ccccc5cc34)CC[C@H]1C[C@H]2[C@H](O)c1ccnc2ccc(OC)cc12.[Cl-]. The Hall–Kier alpha value is -3.44. The Kier molecular flexibility index (Phi) is 7.03. The van der Waals surface area contributed by atoms with Crippen molar-refractivity contribution in [2.24, 2.45) is 11.8 Å². The molecule has 204 valence electrons. The van der Waals surface area contributed by atoms with Crippen molar-refractivity contribution in [3.05, 3.63) is 109 Å². The number of ether oxygens (including phenoxy) is 1. The fourth-order valence-electron chi connectivity index (χ4n) is 7.63. The number of halogens is 1. The van der Waals surface area contributed by atoms with E-state index in [9.17, 15) is 5.11 Å². The predicted molar refractivity (Wildman–Crippen MR) is 159 cm³/mol. The first-order valence-corrected chi connectivity index (χ1v) is 14.1. The number of benzene rings is 4. The maximum absolute atomic E-state index is 12.2. The molecule has 0 aliphatic carbocycles. The summed E-state index contributed by atoms with van der Waals surface area (Å²) in [6.45, 7) is 7.22. The van der Waals surface area contributed by atoms with Gasteiger partial charge in [0.2, 0.25) is 0 Å². The van der Waals surface area contributed by atoms with Gasteiger partial charge in [0.05, 0.1) is 25.7 Å². The molecule has 4 nitrogen and oxygen atoms in total. The highest BCUT2D eigenvalue weighted by Gasteiger charge is 2.54. The topological polar surface area (TPSA) is 42.4 Å². The summed E-state index contributed by atoms with van der Waals surface area (Å²) in [5.74, 6) is 1.83. The second-order valence-electron chi connectivity index (χ2n) is 11.6. The average Bonchev–Trinajstić information content (AvgIpc) is 2.99. The van der Waals surface area contributed by atoms with Crippen LogP contribution in [0, 0.1) is 11.8 Å². The molecule has 0 radical (unpaired) electrons. The number of hydrogen-bond donors (Lipinski definition) is 1. The Bertz CT molecular complexity index is 1720. The molecule has 5 heteroatoms. The van der Waals surface area contributed by atoms with E-state index < -0.39 is 6.10 Å². The second kappa shape index (κ2) is 10.5. The summed E-state index contributed by atoms with van der Waals surface area (Å²) in [5, 5.41) is 18.3. The summed E-state index contributed by atoms with van der Waals surface area (Å²) in [6, 6.07) is 28.0. The van der Waals surface area contributed by atoms with Crippen molar-refractivity contribution in [3.8, 4) is 5.75 Å². The van der Waals surface area contributed by atoms with Crippen LogP contribution in [0.25, 0.3) is 32.4 Å². The Labute approximate surface area is 241 Å². The number of hydrogen-bond acceptors (Lipinski definition) is 3. The number of rotatable bonds is 6. The van der Waals surface area contributed by atoms with Crippen LogP contribution in [-0.2, 0) is 6.54 Å². The van der Waals surface area contributed by atoms with Gasteiger partial charge in [-0.3, -0.25) is 4.98 Å². The van der Waals surface area contributed by atoms with Crippen molar-refractivity contribution in [2.45, 2.75) is 31.5 Å². The highest BCUT2D eigenvalue weighted by Crippen LogP contribution is 2.48. The lowest BCUT2D eigenvalue weighted by Gasteiger charge is -2.58. The average molecular weight is 551 g/mol. The molecule has 1 unspecified atom stereocenters. The van der Waals surface area contributed by atoms with Crippen molar-refractivity contribution in [3.63, 3.8) is 0 Å². The molecule has 5 aromatic rings. The highest BCUT2D eigenvalue weighted by atomic mass is 35.5. The minimum absolute atomic E-state index is 0. The summed E-state index contributed by atoms with van der Waals surface area (Å²) in [6.07, 6.45) is 5.59. The smallest absolute Gasteiger partial charge is 0.131 e. The number of pyridine rings is 1. The number of aromatic nitrogens is 1. The Morgan fingerprint density at radius 1 is 1.00 bits per heavy atom. The summed E-state index contributed by atoms with van der Waals surface area (Å²) in [7, 11) is 1.68. The monoisotopic (exact) mass is 550 g/mol. The zero-order valence-corrected chi connectivity index (χ0v) is 23.6. The van der Waals surface area contributed by atoms with Gasteiger partial charge >= 0.3 is 0 Å². The Balaban J connectivity index is 0.00000289. The van der Waals surface area contributed by atoms with Crippen molar-refractivity contribution < 1.29 is 26.7 Å². The van der Waals surface area contributed by atoms with Crippen molar-refractivity contribution >= 4 is 32.4 Å². The largest absolute Gasteiger partial charge is 1.00 e. The molecule has 0 saturated carbocycles. The molecule has 3 saturated heterocycles. The van der Waals surface area contributed by atoms with Gasteiger partial charge in [-0.2, -0.15) is 0 Å². The van der Waals surface area contributed by atoms with E-state index >= 15 is 0 Å². The van der Waals surface area contributed by atoms with E-state index in [1.807, 2.05) is 30.5 Å². The lowest BCUT2D eigenvalue weighted by atomic mass is 9.71. The predicted octanol–water partition coefficient (Wildman–Crippen LogP) is 4.20. The van der Waals surface area contributed by atoms with Gasteiger partial charge in [0.1, 0.15) is 24.4 Å². The molecule has 40 heavy (non-hydrogen) atoms. The van der Waals surface area contributed by atoms with Gasteiger partial charge in [-0.15, -0.1) is 6.58 Å². The molecule has 3 aliphatic heterocycles. The van der Waals surface area contributed by atoms with Crippen LogP contribution in [0.1, 0.15) is 30.1 Å². The third-order valence-corrected chi connectivity index (χ3v) is 9.66. The van der Waals surface area contributed by atoms with E-state index in [1.54, 1.807) is 7.11 Å². The first kappa shape index (κ1) is 26.8. The second-order valence-corrected chi connectivity index (χ2v) is 11.6. The van der Waals surface area contributed by atoms with Crippen molar-refractivity contribution in [1.29, 1.82) is 0 Å². The lowest BCUT2D eigenvalue weighted by molar-refractivity contribution is -0.984. The number of aliphatic hydroxyl groups excluding tert-OH is 1. The van der Waals surface area contributed by atoms with Gasteiger partial charge in [-0.1, -0.05) is 48.5 Å². The third-order valence-electron chi connectivity index (χ3n) is 9.66. The van der Waals surface area contributed by atoms with Crippen molar-refractivity contribution in [1.82, 2.24) is 4.98 Å². The molecular formula is C35H35ClN2O2. The minimum atomic E-state index is -0.591. The van der Waals surface area contributed by atoms with Crippen molar-refractivity contribution in [2.75, 3.05) is 20.2 Å². The number of quaternary nitrogens is 1. The quantitative estimate of drug-likeness (QED) is 0.196. The number of methoxy groups -OCH3 is 1. The van der Waals surface area contributed by atoms with Crippen LogP contribution in [0.3, 0.4) is 0 Å². The van der Waals surface area contributed by atoms with Gasteiger partial charge < -0.3 is 26.7 Å². The van der Waals surface area contributed by atoms with E-state index in [0.717, 1.165) is 52.8 Å². The van der Waals surface area contributed by atoms with E-state index in [0.29, 0.717) is 11.8 Å². The minimum Gasteiger partial charge on any atom is -1.00 e. The van der Waals surface area contributed by atoms with Crippen LogP contribution in [0.15, 0.2) is 97.7 Å². The van der Waals surface area contributed by atoms with Crippen LogP contribution in [-0.4, -0.2) is 40.8 Å². The van der Waals surface area contributed by atoms with Gasteiger partial charge in [0.25, 0.3) is 0 Å². The Morgan fingerprint density at radius 3 is 2.60 bits per heavy atom.